The highest BCUT2D eigenvalue weighted by atomic mass is 15.3. The van der Waals surface area contributed by atoms with E-state index in [9.17, 15) is 0 Å². The third-order valence-corrected chi connectivity index (χ3v) is 6.12. The average Bonchev–Trinajstić information content (AvgIpc) is 3.26. The highest BCUT2D eigenvalue weighted by Crippen LogP contribution is 2.46. The van der Waals surface area contributed by atoms with E-state index < -0.39 is 0 Å². The van der Waals surface area contributed by atoms with Gasteiger partial charge in [0.05, 0.1) is 0 Å². The van der Waals surface area contributed by atoms with Crippen LogP contribution in [0.15, 0.2) is 24.5 Å². The highest BCUT2D eigenvalue weighted by molar-refractivity contribution is 5.14. The quantitative estimate of drug-likeness (QED) is 0.925. The first-order valence-electron chi connectivity index (χ1n) is 8.59. The number of aromatic nitrogens is 1. The van der Waals surface area contributed by atoms with E-state index in [1.807, 2.05) is 12.4 Å². The van der Waals surface area contributed by atoms with Crippen LogP contribution in [-0.4, -0.2) is 34.1 Å². The predicted molar refractivity (Wildman–Crippen MR) is 85.0 cm³/mol. The maximum atomic E-state index is 4.31. The second-order valence-electron chi connectivity index (χ2n) is 7.69. The maximum Gasteiger partial charge on any atom is 0.0338 e. The third-order valence-electron chi connectivity index (χ3n) is 6.12. The summed E-state index contributed by atoms with van der Waals surface area (Å²) in [4.78, 5) is 7.10. The van der Waals surface area contributed by atoms with Gasteiger partial charge in [-0.3, -0.25) is 9.88 Å². The molecule has 2 aliphatic carbocycles. The molecule has 2 heterocycles. The van der Waals surface area contributed by atoms with Crippen LogP contribution in [0.1, 0.15) is 51.0 Å². The van der Waals surface area contributed by atoms with E-state index in [2.05, 4.69) is 34.3 Å². The van der Waals surface area contributed by atoms with Gasteiger partial charge in [-0.15, -0.1) is 0 Å². The topological polar surface area (TPSA) is 28.2 Å². The highest BCUT2D eigenvalue weighted by Gasteiger charge is 2.51. The molecule has 1 saturated heterocycles. The van der Waals surface area contributed by atoms with Gasteiger partial charge in [-0.25, -0.2) is 0 Å². The molecule has 1 atom stereocenters. The summed E-state index contributed by atoms with van der Waals surface area (Å²) in [7, 11) is 0. The van der Waals surface area contributed by atoms with Crippen LogP contribution in [0, 0.1) is 5.92 Å². The number of piperazine rings is 1. The minimum absolute atomic E-state index is 0.329. The summed E-state index contributed by atoms with van der Waals surface area (Å²) in [6.45, 7) is 5.90. The summed E-state index contributed by atoms with van der Waals surface area (Å²) < 4.78 is 0. The Kier molecular flexibility index (Phi) is 3.31. The fraction of sp³-hybridized carbons (Fsp3) is 0.722. The third kappa shape index (κ3) is 2.51. The Morgan fingerprint density at radius 2 is 2.14 bits per heavy atom. The Labute approximate surface area is 128 Å². The Morgan fingerprint density at radius 3 is 2.81 bits per heavy atom. The second kappa shape index (κ2) is 5.06. The van der Waals surface area contributed by atoms with Crippen molar-refractivity contribution in [2.24, 2.45) is 5.92 Å². The lowest BCUT2D eigenvalue weighted by Gasteiger charge is -2.53. The van der Waals surface area contributed by atoms with Crippen LogP contribution < -0.4 is 5.32 Å². The molecule has 0 amide bonds. The fourth-order valence-electron chi connectivity index (χ4n) is 4.55. The van der Waals surface area contributed by atoms with Crippen LogP contribution >= 0.6 is 0 Å². The normalized spacial score (nSPS) is 32.6. The van der Waals surface area contributed by atoms with Gasteiger partial charge in [0, 0.05) is 43.1 Å². The molecule has 21 heavy (non-hydrogen) atoms. The van der Waals surface area contributed by atoms with E-state index in [1.54, 1.807) is 0 Å². The molecule has 1 aliphatic heterocycles. The van der Waals surface area contributed by atoms with E-state index in [0.29, 0.717) is 11.1 Å². The first-order chi connectivity index (χ1) is 10.2. The number of nitrogens with zero attached hydrogens (tertiary/aromatic N) is 2. The second-order valence-corrected chi connectivity index (χ2v) is 7.69. The van der Waals surface area contributed by atoms with Crippen LogP contribution in [0.5, 0.6) is 0 Å². The van der Waals surface area contributed by atoms with Crippen molar-refractivity contribution in [2.75, 3.05) is 13.1 Å². The average molecular weight is 285 g/mol. The number of hydrogen-bond acceptors (Lipinski definition) is 3. The molecule has 1 unspecified atom stereocenters. The fourth-order valence-corrected chi connectivity index (χ4v) is 4.55. The summed E-state index contributed by atoms with van der Waals surface area (Å²) in [6, 6.07) is 4.30. The lowest BCUT2D eigenvalue weighted by atomic mass is 9.83. The van der Waals surface area contributed by atoms with E-state index in [0.717, 1.165) is 12.5 Å². The van der Waals surface area contributed by atoms with Crippen molar-refractivity contribution >= 4 is 0 Å². The SMILES string of the molecule is CC1(C2CC2)CN(Cc2cccnc2)C2(CCCC2)CN1. The lowest BCUT2D eigenvalue weighted by Crippen LogP contribution is -2.68. The van der Waals surface area contributed by atoms with Crippen molar-refractivity contribution in [3.05, 3.63) is 30.1 Å². The molecule has 2 saturated carbocycles. The zero-order valence-electron chi connectivity index (χ0n) is 13.1. The van der Waals surface area contributed by atoms with Crippen molar-refractivity contribution in [1.29, 1.82) is 0 Å². The van der Waals surface area contributed by atoms with Crippen LogP contribution in [0.3, 0.4) is 0 Å². The van der Waals surface area contributed by atoms with Gasteiger partial charge in [0.2, 0.25) is 0 Å². The number of hydrogen-bond donors (Lipinski definition) is 1. The molecule has 3 aliphatic rings. The Morgan fingerprint density at radius 1 is 1.33 bits per heavy atom. The zero-order chi connectivity index (χ0) is 14.3. The van der Waals surface area contributed by atoms with Gasteiger partial charge in [0.1, 0.15) is 0 Å². The first-order valence-corrected chi connectivity index (χ1v) is 8.59. The van der Waals surface area contributed by atoms with Gasteiger partial charge in [-0.2, -0.15) is 0 Å². The van der Waals surface area contributed by atoms with Gasteiger partial charge < -0.3 is 5.32 Å². The molecule has 3 nitrogen and oxygen atoms in total. The van der Waals surface area contributed by atoms with E-state index in [-0.39, 0.29) is 0 Å². The Bertz CT molecular complexity index is 490. The number of pyridine rings is 1. The van der Waals surface area contributed by atoms with Crippen molar-refractivity contribution in [1.82, 2.24) is 15.2 Å². The minimum atomic E-state index is 0.329. The van der Waals surface area contributed by atoms with Crippen LogP contribution in [0.25, 0.3) is 0 Å². The van der Waals surface area contributed by atoms with Gasteiger partial charge in [-0.1, -0.05) is 18.9 Å². The molecule has 1 spiro atoms. The molecule has 1 N–H and O–H groups in total. The lowest BCUT2D eigenvalue weighted by molar-refractivity contribution is -0.000738. The monoisotopic (exact) mass is 285 g/mol. The van der Waals surface area contributed by atoms with Crippen molar-refractivity contribution in [3.8, 4) is 0 Å². The van der Waals surface area contributed by atoms with Gasteiger partial charge in [0.15, 0.2) is 0 Å². The predicted octanol–water partition coefficient (Wildman–Crippen LogP) is 2.97. The molecular weight excluding hydrogens is 258 g/mol. The summed E-state index contributed by atoms with van der Waals surface area (Å²) in [5.74, 6) is 0.896. The largest absolute Gasteiger partial charge is 0.308 e. The van der Waals surface area contributed by atoms with Crippen LogP contribution in [-0.2, 0) is 6.54 Å². The molecule has 1 aromatic heterocycles. The van der Waals surface area contributed by atoms with Crippen molar-refractivity contribution < 1.29 is 0 Å². The molecular formula is C18H27N3. The van der Waals surface area contributed by atoms with Crippen molar-refractivity contribution in [3.63, 3.8) is 0 Å². The van der Waals surface area contributed by atoms with E-state index in [4.69, 9.17) is 0 Å². The zero-order valence-corrected chi connectivity index (χ0v) is 13.1. The molecule has 4 rings (SSSR count). The Hall–Kier alpha value is -0.930. The summed E-state index contributed by atoms with van der Waals surface area (Å²) in [5, 5.41) is 3.95. The molecule has 0 radical (unpaired) electrons. The molecule has 1 aromatic rings. The summed E-state index contributed by atoms with van der Waals surface area (Å²) in [5.41, 5.74) is 2.10. The summed E-state index contributed by atoms with van der Waals surface area (Å²) in [6.07, 6.45) is 12.3. The number of nitrogens with one attached hydrogen (secondary N) is 1. The van der Waals surface area contributed by atoms with Gasteiger partial charge >= 0.3 is 0 Å². The summed E-state index contributed by atoms with van der Waals surface area (Å²) >= 11 is 0. The molecule has 3 fully saturated rings. The van der Waals surface area contributed by atoms with Crippen molar-refractivity contribution in [2.45, 2.75) is 63.1 Å². The number of rotatable bonds is 3. The molecule has 3 heteroatoms. The minimum Gasteiger partial charge on any atom is -0.308 e. The maximum absolute atomic E-state index is 4.31. The van der Waals surface area contributed by atoms with Crippen LogP contribution in [0.2, 0.25) is 0 Å². The molecule has 0 aromatic carbocycles. The van der Waals surface area contributed by atoms with Gasteiger partial charge in [-0.05, 0) is 50.2 Å². The molecule has 0 bridgehead atoms. The Balaban J connectivity index is 1.58. The van der Waals surface area contributed by atoms with Gasteiger partial charge in [0.25, 0.3) is 0 Å². The first kappa shape index (κ1) is 13.7. The molecule has 114 valence electrons. The standard InChI is InChI=1S/C18H27N3/c1-17(16-6-7-16)14-21(12-15-5-4-10-19-11-15)18(13-20-17)8-2-3-9-18/h4-5,10-11,16,20H,2-3,6-9,12-14H2,1H3. The van der Waals surface area contributed by atoms with Crippen LogP contribution in [0.4, 0.5) is 0 Å². The van der Waals surface area contributed by atoms with E-state index >= 15 is 0 Å². The smallest absolute Gasteiger partial charge is 0.0338 e. The van der Waals surface area contributed by atoms with E-state index in [1.165, 1.54) is 57.2 Å².